The van der Waals surface area contributed by atoms with Crippen molar-refractivity contribution in [3.63, 3.8) is 0 Å². The van der Waals surface area contributed by atoms with Crippen LogP contribution >= 0.6 is 11.6 Å². The third-order valence-corrected chi connectivity index (χ3v) is 4.03. The average molecular weight is 338 g/mol. The van der Waals surface area contributed by atoms with Crippen LogP contribution in [0.2, 0.25) is 5.02 Å². The quantitative estimate of drug-likeness (QED) is 0.601. The number of hydrogen-bond donors (Lipinski definition) is 1. The molecule has 0 saturated carbocycles. The zero-order valence-electron chi connectivity index (χ0n) is 13.4. The van der Waals surface area contributed by atoms with E-state index in [2.05, 4.69) is 41.5 Å². The van der Waals surface area contributed by atoms with Gasteiger partial charge in [-0.15, -0.1) is 10.2 Å². The Morgan fingerprint density at radius 3 is 2.67 bits per heavy atom. The smallest absolute Gasteiger partial charge is 0.203 e. The van der Waals surface area contributed by atoms with E-state index >= 15 is 0 Å². The number of anilines is 1. The van der Waals surface area contributed by atoms with Gasteiger partial charge in [0, 0.05) is 16.6 Å². The molecule has 0 saturated heterocycles. The van der Waals surface area contributed by atoms with Crippen LogP contribution in [-0.2, 0) is 0 Å². The summed E-state index contributed by atoms with van der Waals surface area (Å²) >= 11 is 6.37. The first kappa shape index (κ1) is 14.9. The van der Waals surface area contributed by atoms with E-state index in [0.29, 0.717) is 10.7 Å². The van der Waals surface area contributed by atoms with Gasteiger partial charge < -0.3 is 5.32 Å². The highest BCUT2D eigenvalue weighted by atomic mass is 35.5. The van der Waals surface area contributed by atoms with Crippen molar-refractivity contribution >= 4 is 34.1 Å². The normalized spacial score (nSPS) is 11.5. The summed E-state index contributed by atoms with van der Waals surface area (Å²) in [4.78, 5) is 4.84. The number of halogens is 1. The Morgan fingerprint density at radius 2 is 1.92 bits per heavy atom. The SMILES string of the molecule is CC(C)Nc1nc2c(-c3ccccc3)cc(Cl)cc2n2cnnc12. The maximum atomic E-state index is 6.37. The van der Waals surface area contributed by atoms with Crippen molar-refractivity contribution in [2.45, 2.75) is 19.9 Å². The molecular formula is C18H16ClN5. The zero-order chi connectivity index (χ0) is 16.7. The summed E-state index contributed by atoms with van der Waals surface area (Å²) in [7, 11) is 0. The summed E-state index contributed by atoms with van der Waals surface area (Å²) in [5.41, 5.74) is 4.50. The molecule has 2 aromatic carbocycles. The van der Waals surface area contributed by atoms with Crippen molar-refractivity contribution in [1.82, 2.24) is 19.6 Å². The Kier molecular flexibility index (Phi) is 3.58. The third kappa shape index (κ3) is 2.47. The van der Waals surface area contributed by atoms with Crippen LogP contribution in [0.15, 0.2) is 48.8 Å². The zero-order valence-corrected chi connectivity index (χ0v) is 14.1. The third-order valence-electron chi connectivity index (χ3n) is 3.81. The van der Waals surface area contributed by atoms with E-state index in [9.17, 15) is 0 Å². The Balaban J connectivity index is 2.10. The van der Waals surface area contributed by atoms with E-state index in [1.807, 2.05) is 34.7 Å². The summed E-state index contributed by atoms with van der Waals surface area (Å²) < 4.78 is 1.92. The van der Waals surface area contributed by atoms with Crippen molar-refractivity contribution in [2.75, 3.05) is 5.32 Å². The molecule has 0 unspecified atom stereocenters. The molecule has 2 aromatic heterocycles. The van der Waals surface area contributed by atoms with Crippen molar-refractivity contribution in [2.24, 2.45) is 0 Å². The number of fused-ring (bicyclic) bond motifs is 3. The maximum absolute atomic E-state index is 6.37. The summed E-state index contributed by atoms with van der Waals surface area (Å²) in [5.74, 6) is 0.717. The molecule has 0 aliphatic carbocycles. The second-order valence-corrected chi connectivity index (χ2v) is 6.41. The number of nitrogens with zero attached hydrogens (tertiary/aromatic N) is 4. The van der Waals surface area contributed by atoms with Gasteiger partial charge in [-0.1, -0.05) is 41.9 Å². The van der Waals surface area contributed by atoms with Crippen LogP contribution in [0, 0.1) is 0 Å². The van der Waals surface area contributed by atoms with Crippen molar-refractivity contribution in [3.05, 3.63) is 53.8 Å². The minimum Gasteiger partial charge on any atom is -0.365 e. The molecule has 4 aromatic rings. The van der Waals surface area contributed by atoms with Crippen LogP contribution < -0.4 is 5.32 Å². The minimum atomic E-state index is 0.239. The Hall–Kier alpha value is -2.66. The van der Waals surface area contributed by atoms with Gasteiger partial charge in [-0.25, -0.2) is 4.98 Å². The highest BCUT2D eigenvalue weighted by Crippen LogP contribution is 2.32. The van der Waals surface area contributed by atoms with Crippen LogP contribution in [0.3, 0.4) is 0 Å². The summed E-state index contributed by atoms with van der Waals surface area (Å²) in [5, 5.41) is 12.2. The molecule has 0 fully saturated rings. The molecular weight excluding hydrogens is 322 g/mol. The topological polar surface area (TPSA) is 55.1 Å². The van der Waals surface area contributed by atoms with E-state index in [1.54, 1.807) is 6.33 Å². The molecule has 6 heteroatoms. The first-order valence-corrected chi connectivity index (χ1v) is 8.16. The highest BCUT2D eigenvalue weighted by molar-refractivity contribution is 6.31. The number of hydrogen-bond acceptors (Lipinski definition) is 4. The van der Waals surface area contributed by atoms with Crippen LogP contribution in [0.1, 0.15) is 13.8 Å². The lowest BCUT2D eigenvalue weighted by Crippen LogP contribution is -2.13. The first-order chi connectivity index (χ1) is 11.6. The van der Waals surface area contributed by atoms with Gasteiger partial charge in [0.15, 0.2) is 5.82 Å². The summed E-state index contributed by atoms with van der Waals surface area (Å²) in [6.45, 7) is 4.14. The highest BCUT2D eigenvalue weighted by Gasteiger charge is 2.15. The van der Waals surface area contributed by atoms with E-state index in [0.717, 1.165) is 28.0 Å². The van der Waals surface area contributed by atoms with Gasteiger partial charge in [0.1, 0.15) is 6.33 Å². The monoisotopic (exact) mass is 337 g/mol. The van der Waals surface area contributed by atoms with Gasteiger partial charge in [-0.3, -0.25) is 4.40 Å². The molecule has 4 rings (SSSR count). The molecule has 120 valence electrons. The van der Waals surface area contributed by atoms with Crippen molar-refractivity contribution in [3.8, 4) is 11.1 Å². The van der Waals surface area contributed by atoms with Crippen molar-refractivity contribution in [1.29, 1.82) is 0 Å². The van der Waals surface area contributed by atoms with Gasteiger partial charge in [0.05, 0.1) is 11.0 Å². The fraction of sp³-hybridized carbons (Fsp3) is 0.167. The molecule has 2 heterocycles. The second kappa shape index (κ2) is 5.76. The Morgan fingerprint density at radius 1 is 1.12 bits per heavy atom. The van der Waals surface area contributed by atoms with Crippen LogP contribution in [0.4, 0.5) is 5.82 Å². The van der Waals surface area contributed by atoms with Crippen LogP contribution in [0.25, 0.3) is 27.8 Å². The molecule has 0 aliphatic heterocycles. The number of nitrogens with one attached hydrogen (secondary N) is 1. The summed E-state index contributed by atoms with van der Waals surface area (Å²) in [6.07, 6.45) is 1.69. The lowest BCUT2D eigenvalue weighted by atomic mass is 10.0. The van der Waals surface area contributed by atoms with Gasteiger partial charge in [0.25, 0.3) is 0 Å². The second-order valence-electron chi connectivity index (χ2n) is 5.97. The molecule has 0 atom stereocenters. The molecule has 0 aliphatic rings. The predicted molar refractivity (Wildman–Crippen MR) is 97.5 cm³/mol. The minimum absolute atomic E-state index is 0.239. The van der Waals surface area contributed by atoms with E-state index in [-0.39, 0.29) is 6.04 Å². The fourth-order valence-electron chi connectivity index (χ4n) is 2.83. The standard InChI is InChI=1S/C18H16ClN5/c1-11(2)21-17-18-23-20-10-24(18)15-9-13(19)8-14(16(15)22-17)12-6-4-3-5-7-12/h3-11H,1-2H3,(H,21,22). The molecule has 0 spiro atoms. The van der Waals surface area contributed by atoms with Crippen LogP contribution in [-0.4, -0.2) is 25.6 Å². The fourth-order valence-corrected chi connectivity index (χ4v) is 3.04. The average Bonchev–Trinajstić information content (AvgIpc) is 3.05. The van der Waals surface area contributed by atoms with E-state index in [4.69, 9.17) is 16.6 Å². The summed E-state index contributed by atoms with van der Waals surface area (Å²) in [6, 6.07) is 14.2. The largest absolute Gasteiger partial charge is 0.365 e. The maximum Gasteiger partial charge on any atom is 0.203 e. The molecule has 5 nitrogen and oxygen atoms in total. The van der Waals surface area contributed by atoms with E-state index in [1.165, 1.54) is 0 Å². The number of rotatable bonds is 3. The Labute approximate surface area is 144 Å². The van der Waals surface area contributed by atoms with Gasteiger partial charge in [-0.05, 0) is 31.5 Å². The number of benzene rings is 2. The first-order valence-electron chi connectivity index (χ1n) is 7.78. The lowest BCUT2D eigenvalue weighted by molar-refractivity contribution is 0.890. The molecule has 24 heavy (non-hydrogen) atoms. The lowest BCUT2D eigenvalue weighted by Gasteiger charge is -2.14. The van der Waals surface area contributed by atoms with Gasteiger partial charge >= 0.3 is 0 Å². The molecule has 1 N–H and O–H groups in total. The molecule has 0 bridgehead atoms. The van der Waals surface area contributed by atoms with Crippen LogP contribution in [0.5, 0.6) is 0 Å². The molecule has 0 radical (unpaired) electrons. The Bertz CT molecular complexity index is 1020. The van der Waals surface area contributed by atoms with E-state index < -0.39 is 0 Å². The van der Waals surface area contributed by atoms with Gasteiger partial charge in [-0.2, -0.15) is 0 Å². The molecule has 0 amide bonds. The van der Waals surface area contributed by atoms with Crippen molar-refractivity contribution < 1.29 is 0 Å². The predicted octanol–water partition coefficient (Wildman–Crippen LogP) is 4.42. The van der Waals surface area contributed by atoms with Gasteiger partial charge in [0.2, 0.25) is 5.65 Å². The number of aromatic nitrogens is 4.